The molecule has 0 heterocycles. The summed E-state index contributed by atoms with van der Waals surface area (Å²) >= 11 is 0. The molecule has 0 saturated carbocycles. The first-order valence-electron chi connectivity index (χ1n) is 5.07. The average molecular weight is 219 g/mol. The van der Waals surface area contributed by atoms with Crippen molar-refractivity contribution in [3.8, 4) is 29.9 Å². The highest BCUT2D eigenvalue weighted by atomic mass is 28.4. The van der Waals surface area contributed by atoms with Crippen molar-refractivity contribution in [2.24, 2.45) is 0 Å². The van der Waals surface area contributed by atoms with Crippen molar-refractivity contribution in [1.29, 1.82) is 5.26 Å². The standard InChI is InChI=1S/C12H17NOSi/c1-4-11-14-15(2,3)12-9-7-5-6-8-10-13/h1H,5-8,11H2,2-3H3. The number of rotatable bonds is 5. The molecular weight excluding hydrogens is 202 g/mol. The van der Waals surface area contributed by atoms with Gasteiger partial charge < -0.3 is 4.43 Å². The van der Waals surface area contributed by atoms with Crippen LogP contribution in [0.4, 0.5) is 0 Å². The van der Waals surface area contributed by atoms with E-state index in [1.54, 1.807) is 0 Å². The van der Waals surface area contributed by atoms with E-state index in [-0.39, 0.29) is 0 Å². The van der Waals surface area contributed by atoms with Crippen molar-refractivity contribution < 1.29 is 4.43 Å². The number of nitriles is 1. The highest BCUT2D eigenvalue weighted by Crippen LogP contribution is 2.03. The molecule has 0 aliphatic carbocycles. The van der Waals surface area contributed by atoms with Crippen LogP contribution in [0.1, 0.15) is 25.7 Å². The SMILES string of the molecule is C#CCO[Si](C)(C)C#CCCCCC#N. The Labute approximate surface area is 93.8 Å². The van der Waals surface area contributed by atoms with E-state index >= 15 is 0 Å². The van der Waals surface area contributed by atoms with E-state index in [1.165, 1.54) is 0 Å². The Morgan fingerprint density at radius 3 is 2.53 bits per heavy atom. The van der Waals surface area contributed by atoms with E-state index in [9.17, 15) is 0 Å². The lowest BCUT2D eigenvalue weighted by Crippen LogP contribution is -2.28. The molecule has 80 valence electrons. The average Bonchev–Trinajstić information content (AvgIpc) is 2.20. The van der Waals surface area contributed by atoms with Gasteiger partial charge in [0, 0.05) is 12.8 Å². The van der Waals surface area contributed by atoms with Crippen LogP contribution in [-0.2, 0) is 4.43 Å². The zero-order chi connectivity index (χ0) is 11.6. The summed E-state index contributed by atoms with van der Waals surface area (Å²) in [6.07, 6.45) is 8.49. The van der Waals surface area contributed by atoms with Gasteiger partial charge in [-0.1, -0.05) is 11.5 Å². The van der Waals surface area contributed by atoms with Gasteiger partial charge in [-0.25, -0.2) is 0 Å². The number of nitrogens with zero attached hydrogens (tertiary/aromatic N) is 1. The minimum Gasteiger partial charge on any atom is -0.394 e. The van der Waals surface area contributed by atoms with Gasteiger partial charge in [0.25, 0.3) is 8.32 Å². The molecule has 0 aliphatic heterocycles. The van der Waals surface area contributed by atoms with Gasteiger partial charge in [0.1, 0.15) is 0 Å². The zero-order valence-corrected chi connectivity index (χ0v) is 10.5. The Bertz CT molecular complexity index is 311. The third-order valence-electron chi connectivity index (χ3n) is 1.75. The highest BCUT2D eigenvalue weighted by Gasteiger charge is 2.18. The van der Waals surface area contributed by atoms with Crippen LogP contribution in [0.2, 0.25) is 13.1 Å². The monoisotopic (exact) mass is 219 g/mol. The normalized spacial score (nSPS) is 9.60. The highest BCUT2D eigenvalue weighted by molar-refractivity contribution is 6.79. The topological polar surface area (TPSA) is 33.0 Å². The first-order chi connectivity index (χ1) is 7.12. The molecule has 0 atom stereocenters. The second-order valence-corrected chi connectivity index (χ2v) is 7.23. The Morgan fingerprint density at radius 1 is 1.27 bits per heavy atom. The van der Waals surface area contributed by atoms with Gasteiger partial charge in [-0.2, -0.15) is 5.26 Å². The van der Waals surface area contributed by atoms with Crippen LogP contribution >= 0.6 is 0 Å². The number of terminal acetylenes is 1. The van der Waals surface area contributed by atoms with Crippen molar-refractivity contribution in [2.75, 3.05) is 6.61 Å². The molecule has 3 heteroatoms. The number of unbranched alkanes of at least 4 members (excludes halogenated alkanes) is 3. The smallest absolute Gasteiger partial charge is 0.267 e. The lowest BCUT2D eigenvalue weighted by atomic mass is 10.2. The largest absolute Gasteiger partial charge is 0.394 e. The van der Waals surface area contributed by atoms with Crippen LogP contribution in [0.25, 0.3) is 0 Å². The van der Waals surface area contributed by atoms with E-state index in [0.29, 0.717) is 13.0 Å². The molecule has 0 aromatic heterocycles. The molecule has 0 aliphatic rings. The fourth-order valence-electron chi connectivity index (χ4n) is 0.951. The maximum atomic E-state index is 8.33. The van der Waals surface area contributed by atoms with Crippen LogP contribution in [-0.4, -0.2) is 14.9 Å². The molecule has 0 fully saturated rings. The first-order valence-corrected chi connectivity index (χ1v) is 7.97. The van der Waals surface area contributed by atoms with Crippen LogP contribution in [0, 0.1) is 35.1 Å². The number of hydrogen-bond acceptors (Lipinski definition) is 2. The van der Waals surface area contributed by atoms with E-state index in [1.807, 2.05) is 13.1 Å². The maximum Gasteiger partial charge on any atom is 0.267 e. The molecule has 2 nitrogen and oxygen atoms in total. The van der Waals surface area contributed by atoms with Crippen molar-refractivity contribution in [1.82, 2.24) is 0 Å². The lowest BCUT2D eigenvalue weighted by molar-refractivity contribution is 0.371. The van der Waals surface area contributed by atoms with E-state index < -0.39 is 8.32 Å². The van der Waals surface area contributed by atoms with Gasteiger partial charge in [0.15, 0.2) is 0 Å². The molecule has 0 N–H and O–H groups in total. The molecule has 0 saturated heterocycles. The summed E-state index contributed by atoms with van der Waals surface area (Å²) in [5, 5.41) is 8.33. The molecule has 0 aromatic rings. The van der Waals surface area contributed by atoms with Crippen LogP contribution in [0.15, 0.2) is 0 Å². The van der Waals surface area contributed by atoms with Gasteiger partial charge in [-0.05, 0) is 25.9 Å². The van der Waals surface area contributed by atoms with Crippen molar-refractivity contribution >= 4 is 8.32 Å². The molecule has 0 spiro atoms. The van der Waals surface area contributed by atoms with Gasteiger partial charge in [0.2, 0.25) is 0 Å². The maximum absolute atomic E-state index is 8.33. The van der Waals surface area contributed by atoms with Gasteiger partial charge in [-0.15, -0.1) is 12.3 Å². The van der Waals surface area contributed by atoms with Crippen molar-refractivity contribution in [2.45, 2.75) is 38.8 Å². The minimum absolute atomic E-state index is 0.350. The van der Waals surface area contributed by atoms with Gasteiger partial charge >= 0.3 is 0 Å². The summed E-state index contributed by atoms with van der Waals surface area (Å²) in [7, 11) is -1.86. The molecule has 0 radical (unpaired) electrons. The van der Waals surface area contributed by atoms with Crippen molar-refractivity contribution in [3.63, 3.8) is 0 Å². The molecule has 15 heavy (non-hydrogen) atoms. The Hall–Kier alpha value is -1.21. The summed E-state index contributed by atoms with van der Waals surface area (Å²) in [6.45, 7) is 4.42. The third kappa shape index (κ3) is 9.10. The molecule has 0 aromatic carbocycles. The zero-order valence-electron chi connectivity index (χ0n) is 9.47. The summed E-state index contributed by atoms with van der Waals surface area (Å²) < 4.78 is 5.48. The Morgan fingerprint density at radius 2 is 1.93 bits per heavy atom. The first kappa shape index (κ1) is 13.8. The molecular formula is C12H17NOSi. The van der Waals surface area contributed by atoms with Crippen LogP contribution < -0.4 is 0 Å². The van der Waals surface area contributed by atoms with Crippen LogP contribution in [0.5, 0.6) is 0 Å². The predicted molar refractivity (Wildman–Crippen MR) is 64.1 cm³/mol. The summed E-state index contributed by atoms with van der Waals surface area (Å²) in [5.74, 6) is 5.55. The van der Waals surface area contributed by atoms with Crippen LogP contribution in [0.3, 0.4) is 0 Å². The lowest BCUT2D eigenvalue weighted by Gasteiger charge is -2.13. The fourth-order valence-corrected chi connectivity index (χ4v) is 2.02. The van der Waals surface area contributed by atoms with E-state index in [2.05, 4.69) is 23.5 Å². The fraction of sp³-hybridized carbons (Fsp3) is 0.583. The summed E-state index contributed by atoms with van der Waals surface area (Å²) in [4.78, 5) is 0. The Balaban J connectivity index is 3.75. The molecule has 0 bridgehead atoms. The minimum atomic E-state index is -1.86. The molecule has 0 rings (SSSR count). The molecule has 0 unspecified atom stereocenters. The predicted octanol–water partition coefficient (Wildman–Crippen LogP) is 2.47. The quantitative estimate of drug-likeness (QED) is 0.404. The summed E-state index contributed by atoms with van der Waals surface area (Å²) in [6, 6.07) is 2.12. The summed E-state index contributed by atoms with van der Waals surface area (Å²) in [5.41, 5.74) is 3.16. The Kier molecular flexibility index (Phi) is 7.47. The van der Waals surface area contributed by atoms with Gasteiger partial charge in [0.05, 0.1) is 12.7 Å². The van der Waals surface area contributed by atoms with Crippen molar-refractivity contribution in [3.05, 3.63) is 0 Å². The van der Waals surface area contributed by atoms with Gasteiger partial charge in [-0.3, -0.25) is 0 Å². The third-order valence-corrected chi connectivity index (χ3v) is 3.39. The van der Waals surface area contributed by atoms with E-state index in [4.69, 9.17) is 16.1 Å². The number of hydrogen-bond donors (Lipinski definition) is 0. The second kappa shape index (κ2) is 8.12. The molecule has 0 amide bonds. The second-order valence-electron chi connectivity index (χ2n) is 3.67. The van der Waals surface area contributed by atoms with E-state index in [0.717, 1.165) is 19.3 Å².